The van der Waals surface area contributed by atoms with Gasteiger partial charge in [0.2, 0.25) is 0 Å². The van der Waals surface area contributed by atoms with Crippen LogP contribution in [0.5, 0.6) is 0 Å². The Morgan fingerprint density at radius 2 is 1.95 bits per heavy atom. The number of carbonyl (C=O) groups is 2. The molecule has 0 bridgehead atoms. The van der Waals surface area contributed by atoms with Gasteiger partial charge in [0.1, 0.15) is 5.60 Å². The van der Waals surface area contributed by atoms with Gasteiger partial charge in [-0.1, -0.05) is 0 Å². The molecule has 6 heteroatoms. The predicted octanol–water partition coefficient (Wildman–Crippen LogP) is 3.19. The number of nitrogens with zero attached hydrogens (tertiary/aromatic N) is 1. The van der Waals surface area contributed by atoms with Crippen LogP contribution in [-0.2, 0) is 4.74 Å². The summed E-state index contributed by atoms with van der Waals surface area (Å²) in [5.74, 6) is -0.0109. The van der Waals surface area contributed by atoms with Crippen molar-refractivity contribution in [3.05, 3.63) is 21.9 Å². The maximum atomic E-state index is 12.2. The average molecular weight is 324 g/mol. The summed E-state index contributed by atoms with van der Waals surface area (Å²) in [4.78, 5) is 26.7. The van der Waals surface area contributed by atoms with Gasteiger partial charge in [-0.25, -0.2) is 4.79 Å². The minimum Gasteiger partial charge on any atom is -0.444 e. The highest BCUT2D eigenvalue weighted by Gasteiger charge is 2.27. The molecule has 0 atom stereocenters. The van der Waals surface area contributed by atoms with Gasteiger partial charge < -0.3 is 15.0 Å². The van der Waals surface area contributed by atoms with Crippen molar-refractivity contribution in [1.82, 2.24) is 10.2 Å². The molecule has 0 saturated carbocycles. The van der Waals surface area contributed by atoms with E-state index >= 15 is 0 Å². The van der Waals surface area contributed by atoms with E-state index in [1.54, 1.807) is 4.90 Å². The lowest BCUT2D eigenvalue weighted by Crippen LogP contribution is -2.47. The third-order valence-electron chi connectivity index (χ3n) is 3.55. The molecule has 2 heterocycles. The van der Waals surface area contributed by atoms with E-state index in [1.807, 2.05) is 39.1 Å². The van der Waals surface area contributed by atoms with Gasteiger partial charge >= 0.3 is 6.09 Å². The van der Waals surface area contributed by atoms with E-state index in [2.05, 4.69) is 5.32 Å². The smallest absolute Gasteiger partial charge is 0.410 e. The monoisotopic (exact) mass is 324 g/mol. The Hall–Kier alpha value is -1.56. The van der Waals surface area contributed by atoms with Crippen LogP contribution in [0.4, 0.5) is 4.79 Å². The highest BCUT2D eigenvalue weighted by molar-refractivity contribution is 7.12. The second-order valence-electron chi connectivity index (χ2n) is 6.65. The molecule has 1 aliphatic rings. The van der Waals surface area contributed by atoms with Crippen molar-refractivity contribution >= 4 is 23.3 Å². The van der Waals surface area contributed by atoms with Gasteiger partial charge in [0.05, 0.1) is 4.88 Å². The first kappa shape index (κ1) is 16.8. The van der Waals surface area contributed by atoms with E-state index in [0.717, 1.165) is 23.3 Å². The number of hydrogen-bond donors (Lipinski definition) is 1. The normalized spacial score (nSPS) is 16.5. The number of aryl methyl sites for hydroxylation is 1. The van der Waals surface area contributed by atoms with Crippen molar-refractivity contribution in [2.75, 3.05) is 13.1 Å². The van der Waals surface area contributed by atoms with E-state index in [4.69, 9.17) is 4.74 Å². The number of amides is 2. The summed E-state index contributed by atoms with van der Waals surface area (Å²) in [5.41, 5.74) is 0.535. The van der Waals surface area contributed by atoms with Crippen LogP contribution < -0.4 is 5.32 Å². The molecular weight excluding hydrogens is 300 g/mol. The molecule has 2 amide bonds. The average Bonchev–Trinajstić information content (AvgIpc) is 2.84. The molecule has 1 aromatic heterocycles. The third kappa shape index (κ3) is 4.47. The van der Waals surface area contributed by atoms with E-state index in [0.29, 0.717) is 13.1 Å². The fourth-order valence-corrected chi connectivity index (χ4v) is 3.22. The molecule has 1 aromatic rings. The maximum Gasteiger partial charge on any atom is 0.410 e. The standard InChI is InChI=1S/C16H24N2O3S/c1-11-7-10-22-13(11)14(19)17-12-5-8-18(9-6-12)15(20)21-16(2,3)4/h7,10,12H,5-6,8-9H2,1-4H3,(H,17,19). The highest BCUT2D eigenvalue weighted by atomic mass is 32.1. The number of piperidine rings is 1. The molecule has 1 N–H and O–H groups in total. The first-order valence-electron chi connectivity index (χ1n) is 7.59. The maximum absolute atomic E-state index is 12.2. The lowest BCUT2D eigenvalue weighted by Gasteiger charge is -2.33. The largest absolute Gasteiger partial charge is 0.444 e. The number of thiophene rings is 1. The third-order valence-corrected chi connectivity index (χ3v) is 4.57. The molecule has 1 fully saturated rings. The zero-order valence-electron chi connectivity index (χ0n) is 13.6. The zero-order valence-corrected chi connectivity index (χ0v) is 14.5. The van der Waals surface area contributed by atoms with Gasteiger partial charge in [0.15, 0.2) is 0 Å². The molecule has 0 aromatic carbocycles. The number of nitrogens with one attached hydrogen (secondary N) is 1. The van der Waals surface area contributed by atoms with Crippen LogP contribution in [0.15, 0.2) is 11.4 Å². The predicted molar refractivity (Wildman–Crippen MR) is 87.4 cm³/mol. The van der Waals surface area contributed by atoms with Crippen LogP contribution in [0, 0.1) is 6.92 Å². The first-order valence-corrected chi connectivity index (χ1v) is 8.47. The Bertz CT molecular complexity index is 540. The molecule has 1 aliphatic heterocycles. The van der Waals surface area contributed by atoms with Gasteiger partial charge in [-0.15, -0.1) is 11.3 Å². The van der Waals surface area contributed by atoms with Crippen molar-refractivity contribution < 1.29 is 14.3 Å². The summed E-state index contributed by atoms with van der Waals surface area (Å²) < 4.78 is 5.37. The molecule has 2 rings (SSSR count). The first-order chi connectivity index (χ1) is 10.3. The fraction of sp³-hybridized carbons (Fsp3) is 0.625. The van der Waals surface area contributed by atoms with Gasteiger partial charge in [-0.05, 0) is 57.5 Å². The SMILES string of the molecule is Cc1ccsc1C(=O)NC1CCN(C(=O)OC(C)(C)C)CC1. The molecule has 22 heavy (non-hydrogen) atoms. The van der Waals surface area contributed by atoms with Crippen molar-refractivity contribution in [2.24, 2.45) is 0 Å². The number of hydrogen-bond acceptors (Lipinski definition) is 4. The Labute approximate surface area is 135 Å². The molecule has 1 saturated heterocycles. The number of carbonyl (C=O) groups excluding carboxylic acids is 2. The number of likely N-dealkylation sites (tertiary alicyclic amines) is 1. The second-order valence-corrected chi connectivity index (χ2v) is 7.56. The topological polar surface area (TPSA) is 58.6 Å². The summed E-state index contributed by atoms with van der Waals surface area (Å²) in [6.45, 7) is 8.76. The second kappa shape index (κ2) is 6.69. The van der Waals surface area contributed by atoms with Crippen molar-refractivity contribution in [3.8, 4) is 0 Å². The van der Waals surface area contributed by atoms with Crippen LogP contribution in [0.3, 0.4) is 0 Å². The van der Waals surface area contributed by atoms with Gasteiger partial charge in [-0.2, -0.15) is 0 Å². The van der Waals surface area contributed by atoms with Crippen LogP contribution in [0.2, 0.25) is 0 Å². The van der Waals surface area contributed by atoms with Crippen molar-refractivity contribution in [2.45, 2.75) is 52.2 Å². The van der Waals surface area contributed by atoms with Crippen molar-refractivity contribution in [3.63, 3.8) is 0 Å². The van der Waals surface area contributed by atoms with Crippen LogP contribution in [0.25, 0.3) is 0 Å². The molecule has 0 unspecified atom stereocenters. The Kier molecular flexibility index (Phi) is 5.11. The van der Waals surface area contributed by atoms with Crippen LogP contribution in [0.1, 0.15) is 48.8 Å². The Balaban J connectivity index is 1.81. The summed E-state index contributed by atoms with van der Waals surface area (Å²) in [6, 6.07) is 2.07. The lowest BCUT2D eigenvalue weighted by atomic mass is 10.1. The summed E-state index contributed by atoms with van der Waals surface area (Å²) in [6.07, 6.45) is 1.25. The Morgan fingerprint density at radius 3 is 2.45 bits per heavy atom. The van der Waals surface area contributed by atoms with E-state index in [9.17, 15) is 9.59 Å². The van der Waals surface area contributed by atoms with Crippen LogP contribution in [-0.4, -0.2) is 41.6 Å². The molecule has 0 radical (unpaired) electrons. The summed E-state index contributed by atoms with van der Waals surface area (Å²) in [5, 5.41) is 4.99. The zero-order chi connectivity index (χ0) is 16.3. The summed E-state index contributed by atoms with van der Waals surface area (Å²) in [7, 11) is 0. The molecule has 5 nitrogen and oxygen atoms in total. The number of rotatable bonds is 2. The van der Waals surface area contributed by atoms with Gasteiger partial charge in [0.25, 0.3) is 5.91 Å². The highest BCUT2D eigenvalue weighted by Crippen LogP contribution is 2.18. The molecule has 0 spiro atoms. The van der Waals surface area contributed by atoms with E-state index < -0.39 is 5.60 Å². The minimum atomic E-state index is -0.473. The fourth-order valence-electron chi connectivity index (χ4n) is 2.39. The van der Waals surface area contributed by atoms with E-state index in [-0.39, 0.29) is 18.0 Å². The van der Waals surface area contributed by atoms with E-state index in [1.165, 1.54) is 11.3 Å². The molecule has 122 valence electrons. The van der Waals surface area contributed by atoms with Crippen LogP contribution >= 0.6 is 11.3 Å². The van der Waals surface area contributed by atoms with Gasteiger partial charge in [0, 0.05) is 19.1 Å². The number of ether oxygens (including phenoxy) is 1. The Morgan fingerprint density at radius 1 is 1.32 bits per heavy atom. The van der Waals surface area contributed by atoms with Gasteiger partial charge in [-0.3, -0.25) is 4.79 Å². The minimum absolute atomic E-state index is 0.0109. The lowest BCUT2D eigenvalue weighted by molar-refractivity contribution is 0.0200. The molecule has 0 aliphatic carbocycles. The molecular formula is C16H24N2O3S. The van der Waals surface area contributed by atoms with Crippen molar-refractivity contribution in [1.29, 1.82) is 0 Å². The quantitative estimate of drug-likeness (QED) is 0.909. The summed E-state index contributed by atoms with van der Waals surface area (Å²) >= 11 is 1.46.